The van der Waals surface area contributed by atoms with E-state index in [2.05, 4.69) is 16.0 Å². The number of carbonyl (C=O) groups is 4. The van der Waals surface area contributed by atoms with Gasteiger partial charge in [0.2, 0.25) is 17.7 Å². The maximum atomic E-state index is 12.8. The summed E-state index contributed by atoms with van der Waals surface area (Å²) >= 11 is 0. The van der Waals surface area contributed by atoms with E-state index in [0.717, 1.165) is 12.0 Å². The minimum Gasteiger partial charge on any atom is -0.445 e. The van der Waals surface area contributed by atoms with Gasteiger partial charge in [0.05, 0.1) is 0 Å². The first-order valence-corrected chi connectivity index (χ1v) is 10.6. The van der Waals surface area contributed by atoms with Gasteiger partial charge >= 0.3 is 6.09 Å². The standard InChI is InChI=1S/C22H32N4O5/c1-15(2)12-23-20(28)18-10-7-11-26(18)21(29)16(3)25-19(27)13-24-22(30)31-14-17-8-5-4-6-9-17/h4-6,8-9,15-16,18H,7,10-14H2,1-3H3,(H,23,28)(H,24,30)(H,25,27)/t16-,18-/m0/s1. The Morgan fingerprint density at radius 3 is 2.48 bits per heavy atom. The van der Waals surface area contributed by atoms with E-state index < -0.39 is 24.1 Å². The van der Waals surface area contributed by atoms with Crippen LogP contribution in [0.4, 0.5) is 4.79 Å². The molecule has 0 radical (unpaired) electrons. The van der Waals surface area contributed by atoms with Crippen LogP contribution in [-0.2, 0) is 25.7 Å². The van der Waals surface area contributed by atoms with Crippen LogP contribution in [-0.4, -0.2) is 60.4 Å². The number of hydrogen-bond donors (Lipinski definition) is 3. The maximum absolute atomic E-state index is 12.8. The van der Waals surface area contributed by atoms with Gasteiger partial charge in [-0.3, -0.25) is 14.4 Å². The molecule has 1 aromatic rings. The molecule has 1 aliphatic heterocycles. The van der Waals surface area contributed by atoms with Crippen molar-refractivity contribution in [1.29, 1.82) is 0 Å². The summed E-state index contributed by atoms with van der Waals surface area (Å²) in [6.45, 7) is 6.37. The minimum absolute atomic E-state index is 0.0956. The maximum Gasteiger partial charge on any atom is 0.407 e. The zero-order valence-corrected chi connectivity index (χ0v) is 18.3. The Balaban J connectivity index is 1.74. The molecule has 4 amide bonds. The van der Waals surface area contributed by atoms with Crippen molar-refractivity contribution in [3.8, 4) is 0 Å². The van der Waals surface area contributed by atoms with Gasteiger partial charge in [0, 0.05) is 13.1 Å². The van der Waals surface area contributed by atoms with Crippen molar-refractivity contribution in [1.82, 2.24) is 20.9 Å². The Kier molecular flexibility index (Phi) is 9.30. The summed E-state index contributed by atoms with van der Waals surface area (Å²) in [5.41, 5.74) is 0.832. The first-order chi connectivity index (χ1) is 14.8. The van der Waals surface area contributed by atoms with Crippen LogP contribution < -0.4 is 16.0 Å². The van der Waals surface area contributed by atoms with E-state index >= 15 is 0 Å². The van der Waals surface area contributed by atoms with Crippen molar-refractivity contribution < 1.29 is 23.9 Å². The normalized spacial score (nSPS) is 16.5. The number of nitrogens with zero attached hydrogens (tertiary/aromatic N) is 1. The SMILES string of the molecule is CC(C)CNC(=O)[C@@H]1CCCN1C(=O)[C@H](C)NC(=O)CNC(=O)OCc1ccccc1. The van der Waals surface area contributed by atoms with Gasteiger partial charge < -0.3 is 25.6 Å². The molecule has 0 aliphatic carbocycles. The zero-order valence-electron chi connectivity index (χ0n) is 18.3. The lowest BCUT2D eigenvalue weighted by Crippen LogP contribution is -2.53. The van der Waals surface area contributed by atoms with E-state index in [4.69, 9.17) is 4.74 Å². The molecule has 31 heavy (non-hydrogen) atoms. The molecule has 170 valence electrons. The largest absolute Gasteiger partial charge is 0.445 e. The summed E-state index contributed by atoms with van der Waals surface area (Å²) < 4.78 is 5.04. The van der Waals surface area contributed by atoms with Gasteiger partial charge in [-0.15, -0.1) is 0 Å². The predicted molar refractivity (Wildman–Crippen MR) is 115 cm³/mol. The number of alkyl carbamates (subject to hydrolysis) is 1. The second-order valence-corrected chi connectivity index (χ2v) is 8.03. The fraction of sp³-hybridized carbons (Fsp3) is 0.545. The molecule has 0 bridgehead atoms. The Hall–Kier alpha value is -3.10. The molecule has 1 aromatic carbocycles. The molecule has 0 saturated carbocycles. The second kappa shape index (κ2) is 11.9. The Morgan fingerprint density at radius 2 is 1.81 bits per heavy atom. The third kappa shape index (κ3) is 7.92. The molecule has 9 nitrogen and oxygen atoms in total. The number of hydrogen-bond acceptors (Lipinski definition) is 5. The Morgan fingerprint density at radius 1 is 1.10 bits per heavy atom. The number of nitrogens with one attached hydrogen (secondary N) is 3. The number of carbonyl (C=O) groups excluding carboxylic acids is 4. The van der Waals surface area contributed by atoms with Crippen LogP contribution in [0.25, 0.3) is 0 Å². The van der Waals surface area contributed by atoms with Gasteiger partial charge in [0.15, 0.2) is 0 Å². The molecular weight excluding hydrogens is 400 g/mol. The molecule has 0 spiro atoms. The lowest BCUT2D eigenvalue weighted by atomic mass is 10.1. The highest BCUT2D eigenvalue weighted by Crippen LogP contribution is 2.18. The fourth-order valence-corrected chi connectivity index (χ4v) is 3.26. The zero-order chi connectivity index (χ0) is 22.8. The molecule has 2 rings (SSSR count). The summed E-state index contributed by atoms with van der Waals surface area (Å²) in [6, 6.07) is 7.84. The lowest BCUT2D eigenvalue weighted by Gasteiger charge is -2.27. The van der Waals surface area contributed by atoms with Crippen molar-refractivity contribution >= 4 is 23.8 Å². The molecule has 3 N–H and O–H groups in total. The highest BCUT2D eigenvalue weighted by molar-refractivity contribution is 5.93. The summed E-state index contributed by atoms with van der Waals surface area (Å²) in [5, 5.41) is 7.79. The fourth-order valence-electron chi connectivity index (χ4n) is 3.26. The van der Waals surface area contributed by atoms with E-state index in [9.17, 15) is 19.2 Å². The summed E-state index contributed by atoms with van der Waals surface area (Å²) in [5.74, 6) is -0.680. The molecule has 0 aromatic heterocycles. The van der Waals surface area contributed by atoms with Crippen LogP contribution in [0.2, 0.25) is 0 Å². The number of amides is 4. The molecular formula is C22H32N4O5. The van der Waals surface area contributed by atoms with Gasteiger partial charge in [0.1, 0.15) is 25.2 Å². The van der Waals surface area contributed by atoms with Gasteiger partial charge in [-0.05, 0) is 31.2 Å². The average Bonchev–Trinajstić information content (AvgIpc) is 3.24. The van der Waals surface area contributed by atoms with Crippen molar-refractivity contribution in [2.75, 3.05) is 19.6 Å². The third-order valence-corrected chi connectivity index (χ3v) is 4.88. The monoisotopic (exact) mass is 432 g/mol. The predicted octanol–water partition coefficient (Wildman–Crippen LogP) is 1.18. The molecule has 9 heteroatoms. The van der Waals surface area contributed by atoms with Crippen molar-refractivity contribution in [3.05, 3.63) is 35.9 Å². The second-order valence-electron chi connectivity index (χ2n) is 8.03. The molecule has 0 unspecified atom stereocenters. The minimum atomic E-state index is -0.812. The number of likely N-dealkylation sites (tertiary alicyclic amines) is 1. The third-order valence-electron chi connectivity index (χ3n) is 4.88. The number of benzene rings is 1. The Labute approximate surface area is 182 Å². The van der Waals surface area contributed by atoms with Crippen LogP contribution in [0.3, 0.4) is 0 Å². The first kappa shape index (κ1) is 24.2. The van der Waals surface area contributed by atoms with Gasteiger partial charge in [-0.1, -0.05) is 44.2 Å². The number of rotatable bonds is 9. The van der Waals surface area contributed by atoms with E-state index in [1.54, 1.807) is 6.92 Å². The molecule has 1 heterocycles. The van der Waals surface area contributed by atoms with Crippen LogP contribution in [0.15, 0.2) is 30.3 Å². The quantitative estimate of drug-likeness (QED) is 0.542. The van der Waals surface area contributed by atoms with E-state index in [0.29, 0.717) is 25.4 Å². The summed E-state index contributed by atoms with van der Waals surface area (Å²) in [4.78, 5) is 50.5. The van der Waals surface area contributed by atoms with Crippen molar-refractivity contribution in [2.45, 2.75) is 52.3 Å². The topological polar surface area (TPSA) is 117 Å². The van der Waals surface area contributed by atoms with Crippen molar-refractivity contribution in [3.63, 3.8) is 0 Å². The Bertz CT molecular complexity index is 768. The smallest absolute Gasteiger partial charge is 0.407 e. The molecule has 1 aliphatic rings. The highest BCUT2D eigenvalue weighted by Gasteiger charge is 2.36. The summed E-state index contributed by atoms with van der Waals surface area (Å²) in [6.07, 6.45) is 0.617. The van der Waals surface area contributed by atoms with E-state index in [1.807, 2.05) is 44.2 Å². The van der Waals surface area contributed by atoms with Crippen LogP contribution in [0.5, 0.6) is 0 Å². The summed E-state index contributed by atoms with van der Waals surface area (Å²) in [7, 11) is 0. The molecule has 1 saturated heterocycles. The van der Waals surface area contributed by atoms with Gasteiger partial charge in [-0.2, -0.15) is 0 Å². The van der Waals surface area contributed by atoms with Crippen LogP contribution >= 0.6 is 0 Å². The highest BCUT2D eigenvalue weighted by atomic mass is 16.5. The van der Waals surface area contributed by atoms with Gasteiger partial charge in [0.25, 0.3) is 0 Å². The van der Waals surface area contributed by atoms with E-state index in [-0.39, 0.29) is 25.0 Å². The average molecular weight is 433 g/mol. The van der Waals surface area contributed by atoms with Crippen molar-refractivity contribution in [2.24, 2.45) is 5.92 Å². The lowest BCUT2D eigenvalue weighted by molar-refractivity contribution is -0.141. The molecule has 1 fully saturated rings. The van der Waals surface area contributed by atoms with Crippen LogP contribution in [0.1, 0.15) is 39.2 Å². The number of ether oxygens (including phenoxy) is 1. The van der Waals surface area contributed by atoms with Gasteiger partial charge in [-0.25, -0.2) is 4.79 Å². The first-order valence-electron chi connectivity index (χ1n) is 10.6. The van der Waals surface area contributed by atoms with Crippen LogP contribution in [0, 0.1) is 5.92 Å². The van der Waals surface area contributed by atoms with E-state index in [1.165, 1.54) is 4.90 Å². The molecule has 2 atom stereocenters.